The fourth-order valence-electron chi connectivity index (χ4n) is 2.42. The highest BCUT2D eigenvalue weighted by Gasteiger charge is 2.17. The monoisotopic (exact) mass is 354 g/mol. The molecule has 0 aliphatic carbocycles. The Morgan fingerprint density at radius 3 is 2.27 bits per heavy atom. The van der Waals surface area contributed by atoms with Crippen LogP contribution < -0.4 is 10.2 Å². The minimum atomic E-state index is -0.425. The molecule has 0 saturated carbocycles. The molecule has 0 aliphatic rings. The van der Waals surface area contributed by atoms with Crippen molar-refractivity contribution in [3.8, 4) is 0 Å². The van der Waals surface area contributed by atoms with E-state index < -0.39 is 5.97 Å². The van der Waals surface area contributed by atoms with Crippen molar-refractivity contribution in [3.63, 3.8) is 0 Å². The van der Waals surface area contributed by atoms with Crippen LogP contribution in [0.5, 0.6) is 0 Å². The molecule has 2 aromatic rings. The SMILES string of the molecule is CCOC(=O)c1ccc(N(CC(=O)Nc2ccccc2C)C(C)=O)cc1. The number of carbonyl (C=O) groups is 3. The van der Waals surface area contributed by atoms with Crippen LogP contribution in [-0.2, 0) is 14.3 Å². The number of hydrogen-bond acceptors (Lipinski definition) is 4. The number of rotatable bonds is 6. The Bertz CT molecular complexity index is 800. The fourth-order valence-corrected chi connectivity index (χ4v) is 2.42. The van der Waals surface area contributed by atoms with Gasteiger partial charge in [0.25, 0.3) is 0 Å². The van der Waals surface area contributed by atoms with E-state index in [0.29, 0.717) is 23.5 Å². The van der Waals surface area contributed by atoms with Crippen molar-refractivity contribution in [1.29, 1.82) is 0 Å². The first-order valence-corrected chi connectivity index (χ1v) is 8.33. The van der Waals surface area contributed by atoms with Gasteiger partial charge in [-0.05, 0) is 49.7 Å². The molecule has 0 atom stereocenters. The lowest BCUT2D eigenvalue weighted by molar-refractivity contribution is -0.120. The van der Waals surface area contributed by atoms with Crippen LogP contribution in [0.3, 0.4) is 0 Å². The van der Waals surface area contributed by atoms with E-state index >= 15 is 0 Å². The van der Waals surface area contributed by atoms with Crippen molar-refractivity contribution in [1.82, 2.24) is 0 Å². The van der Waals surface area contributed by atoms with E-state index in [9.17, 15) is 14.4 Å². The molecular formula is C20H22N2O4. The quantitative estimate of drug-likeness (QED) is 0.809. The Balaban J connectivity index is 2.11. The van der Waals surface area contributed by atoms with Crippen LogP contribution in [-0.4, -0.2) is 30.9 Å². The van der Waals surface area contributed by atoms with Gasteiger partial charge in [-0.3, -0.25) is 9.59 Å². The van der Waals surface area contributed by atoms with Gasteiger partial charge in [0.2, 0.25) is 11.8 Å². The predicted octanol–water partition coefficient (Wildman–Crippen LogP) is 3.16. The number of amides is 2. The number of nitrogens with one attached hydrogen (secondary N) is 1. The van der Waals surface area contributed by atoms with Crippen molar-refractivity contribution in [2.45, 2.75) is 20.8 Å². The first kappa shape index (κ1) is 19.2. The van der Waals surface area contributed by atoms with Crippen molar-refractivity contribution in [2.24, 2.45) is 0 Å². The summed E-state index contributed by atoms with van der Waals surface area (Å²) in [5, 5.41) is 2.80. The average Bonchev–Trinajstić information content (AvgIpc) is 2.62. The van der Waals surface area contributed by atoms with Crippen molar-refractivity contribution < 1.29 is 19.1 Å². The zero-order chi connectivity index (χ0) is 19.1. The highest BCUT2D eigenvalue weighted by Crippen LogP contribution is 2.17. The van der Waals surface area contributed by atoms with Gasteiger partial charge in [0.1, 0.15) is 6.54 Å². The van der Waals surface area contributed by atoms with Gasteiger partial charge in [0.15, 0.2) is 0 Å². The van der Waals surface area contributed by atoms with Gasteiger partial charge >= 0.3 is 5.97 Å². The van der Waals surface area contributed by atoms with E-state index in [1.54, 1.807) is 37.3 Å². The van der Waals surface area contributed by atoms with Gasteiger partial charge in [0.05, 0.1) is 12.2 Å². The van der Waals surface area contributed by atoms with Gasteiger partial charge in [-0.25, -0.2) is 4.79 Å². The van der Waals surface area contributed by atoms with Gasteiger partial charge in [-0.15, -0.1) is 0 Å². The summed E-state index contributed by atoms with van der Waals surface area (Å²) in [5.74, 6) is -0.997. The lowest BCUT2D eigenvalue weighted by atomic mass is 10.2. The number of esters is 1. The molecule has 0 unspecified atom stereocenters. The molecule has 1 N–H and O–H groups in total. The minimum absolute atomic E-state index is 0.123. The standard InChI is InChI=1S/C20H22N2O4/c1-4-26-20(25)16-9-11-17(12-10-16)22(15(3)23)13-19(24)21-18-8-6-5-7-14(18)2/h5-12H,4,13H2,1-3H3,(H,21,24). The van der Waals surface area contributed by atoms with Crippen molar-refractivity contribution in [2.75, 3.05) is 23.4 Å². The molecule has 2 rings (SSSR count). The molecule has 6 nitrogen and oxygen atoms in total. The summed E-state index contributed by atoms with van der Waals surface area (Å²) in [6.45, 7) is 5.19. The van der Waals surface area contributed by atoms with Crippen LogP contribution in [0.15, 0.2) is 48.5 Å². The summed E-state index contributed by atoms with van der Waals surface area (Å²) in [5.41, 5.74) is 2.57. The van der Waals surface area contributed by atoms with Crippen LogP contribution in [0, 0.1) is 6.92 Å². The lowest BCUT2D eigenvalue weighted by Crippen LogP contribution is -2.36. The summed E-state index contributed by atoms with van der Waals surface area (Å²) in [6, 6.07) is 13.8. The summed E-state index contributed by atoms with van der Waals surface area (Å²) in [6.07, 6.45) is 0. The first-order chi connectivity index (χ1) is 12.4. The Kier molecular flexibility index (Phi) is 6.49. The third kappa shape index (κ3) is 4.92. The zero-order valence-electron chi connectivity index (χ0n) is 15.1. The molecular weight excluding hydrogens is 332 g/mol. The molecule has 0 aliphatic heterocycles. The van der Waals surface area contributed by atoms with Crippen LogP contribution in [0.1, 0.15) is 29.8 Å². The van der Waals surface area contributed by atoms with Crippen LogP contribution in [0.2, 0.25) is 0 Å². The van der Waals surface area contributed by atoms with Gasteiger partial charge in [-0.2, -0.15) is 0 Å². The third-order valence-corrected chi connectivity index (χ3v) is 3.79. The molecule has 2 amide bonds. The van der Waals surface area contributed by atoms with Gasteiger partial charge in [-0.1, -0.05) is 18.2 Å². The number of aryl methyl sites for hydroxylation is 1. The molecule has 136 valence electrons. The number of para-hydroxylation sites is 1. The second-order valence-corrected chi connectivity index (χ2v) is 5.74. The third-order valence-electron chi connectivity index (χ3n) is 3.79. The molecule has 26 heavy (non-hydrogen) atoms. The zero-order valence-corrected chi connectivity index (χ0v) is 15.1. The maximum absolute atomic E-state index is 12.3. The van der Waals surface area contributed by atoms with E-state index in [1.807, 2.05) is 25.1 Å². The number of ether oxygens (including phenoxy) is 1. The molecule has 0 aromatic heterocycles. The molecule has 0 heterocycles. The number of benzene rings is 2. The van der Waals surface area contributed by atoms with Crippen molar-refractivity contribution >= 4 is 29.2 Å². The topological polar surface area (TPSA) is 75.7 Å². The summed E-state index contributed by atoms with van der Waals surface area (Å²) in [7, 11) is 0. The number of carbonyl (C=O) groups excluding carboxylic acids is 3. The first-order valence-electron chi connectivity index (χ1n) is 8.33. The van der Waals surface area contributed by atoms with E-state index in [4.69, 9.17) is 4.74 Å². The smallest absolute Gasteiger partial charge is 0.338 e. The summed E-state index contributed by atoms with van der Waals surface area (Å²) in [4.78, 5) is 37.4. The number of hydrogen-bond donors (Lipinski definition) is 1. The number of anilines is 2. The highest BCUT2D eigenvalue weighted by atomic mass is 16.5. The lowest BCUT2D eigenvalue weighted by Gasteiger charge is -2.21. The normalized spacial score (nSPS) is 10.1. The largest absolute Gasteiger partial charge is 0.462 e. The molecule has 6 heteroatoms. The van der Waals surface area contributed by atoms with Crippen LogP contribution in [0.4, 0.5) is 11.4 Å². The summed E-state index contributed by atoms with van der Waals surface area (Å²) < 4.78 is 4.93. The Morgan fingerprint density at radius 1 is 1.04 bits per heavy atom. The second kappa shape index (κ2) is 8.80. The molecule has 0 radical (unpaired) electrons. The molecule has 0 bridgehead atoms. The molecule has 0 saturated heterocycles. The Morgan fingerprint density at radius 2 is 1.69 bits per heavy atom. The highest BCUT2D eigenvalue weighted by molar-refractivity contribution is 6.02. The van der Waals surface area contributed by atoms with Gasteiger partial charge in [0, 0.05) is 18.3 Å². The van der Waals surface area contributed by atoms with Crippen LogP contribution in [0.25, 0.3) is 0 Å². The Labute approximate surface area is 152 Å². The van der Waals surface area contributed by atoms with Crippen molar-refractivity contribution in [3.05, 3.63) is 59.7 Å². The molecule has 0 spiro atoms. The predicted molar refractivity (Wildman–Crippen MR) is 100 cm³/mol. The minimum Gasteiger partial charge on any atom is -0.462 e. The second-order valence-electron chi connectivity index (χ2n) is 5.74. The average molecular weight is 354 g/mol. The van der Waals surface area contributed by atoms with E-state index in [2.05, 4.69) is 5.32 Å². The summed E-state index contributed by atoms with van der Waals surface area (Å²) >= 11 is 0. The van der Waals surface area contributed by atoms with Gasteiger partial charge < -0.3 is 15.0 Å². The van der Waals surface area contributed by atoms with E-state index in [0.717, 1.165) is 5.56 Å². The van der Waals surface area contributed by atoms with Crippen LogP contribution >= 0.6 is 0 Å². The van der Waals surface area contributed by atoms with E-state index in [1.165, 1.54) is 11.8 Å². The fraction of sp³-hybridized carbons (Fsp3) is 0.250. The van der Waals surface area contributed by atoms with E-state index in [-0.39, 0.29) is 18.4 Å². The maximum atomic E-state index is 12.3. The molecule has 2 aromatic carbocycles. The Hall–Kier alpha value is -3.15. The number of nitrogens with zero attached hydrogens (tertiary/aromatic N) is 1. The maximum Gasteiger partial charge on any atom is 0.338 e. The molecule has 0 fully saturated rings.